The van der Waals surface area contributed by atoms with E-state index in [4.69, 9.17) is 4.74 Å². The van der Waals surface area contributed by atoms with Crippen LogP contribution < -0.4 is 16.0 Å². The molecule has 4 aromatic rings. The van der Waals surface area contributed by atoms with Crippen LogP contribution in [0.15, 0.2) is 54.0 Å². The average Bonchev–Trinajstić information content (AvgIpc) is 3.01. The maximum absolute atomic E-state index is 12.8. The molecule has 2 heterocycles. The molecule has 0 unspecified atom stereocenters. The van der Waals surface area contributed by atoms with E-state index in [-0.39, 0.29) is 11.3 Å². The third kappa shape index (κ3) is 3.04. The average molecular weight is 508 g/mol. The molecule has 2 aromatic heterocycles. The molecule has 8 nitrogen and oxygen atoms in total. The van der Waals surface area contributed by atoms with Crippen molar-refractivity contribution < 1.29 is 9.84 Å². The lowest BCUT2D eigenvalue weighted by molar-refractivity contribution is 0.415. The monoisotopic (exact) mass is 506 g/mol. The highest BCUT2D eigenvalue weighted by molar-refractivity contribution is 9.11. The lowest BCUT2D eigenvalue weighted by atomic mass is 10.2. The molecule has 0 aliphatic carbocycles. The molecule has 0 saturated heterocycles. The van der Waals surface area contributed by atoms with E-state index in [1.54, 1.807) is 24.3 Å². The van der Waals surface area contributed by atoms with Gasteiger partial charge in [0.05, 0.1) is 24.4 Å². The van der Waals surface area contributed by atoms with Crippen LogP contribution in [0.25, 0.3) is 21.9 Å². The van der Waals surface area contributed by atoms with Crippen LogP contribution in [0.2, 0.25) is 0 Å². The van der Waals surface area contributed by atoms with Gasteiger partial charge in [0.25, 0.3) is 0 Å². The molecule has 0 saturated carbocycles. The van der Waals surface area contributed by atoms with Crippen LogP contribution in [0.4, 0.5) is 0 Å². The molecule has 0 spiro atoms. The van der Waals surface area contributed by atoms with Gasteiger partial charge in [-0.25, -0.2) is 4.79 Å². The van der Waals surface area contributed by atoms with Crippen molar-refractivity contribution in [2.75, 3.05) is 7.11 Å². The Bertz CT molecular complexity index is 1360. The summed E-state index contributed by atoms with van der Waals surface area (Å²) in [5.41, 5.74) is 0.278. The zero-order chi connectivity index (χ0) is 20.0. The van der Waals surface area contributed by atoms with Crippen molar-refractivity contribution in [1.29, 1.82) is 0 Å². The summed E-state index contributed by atoms with van der Waals surface area (Å²) in [6, 6.07) is 8.43. The number of hydrogen-bond donors (Lipinski definition) is 3. The molecular formula is C18H12Br2N4O4. The first-order valence-electron chi connectivity index (χ1n) is 7.96. The molecule has 0 amide bonds. The van der Waals surface area contributed by atoms with Crippen molar-refractivity contribution in [3.05, 3.63) is 65.7 Å². The highest BCUT2D eigenvalue weighted by atomic mass is 79.9. The van der Waals surface area contributed by atoms with Gasteiger partial charge < -0.3 is 19.8 Å². The SMILES string of the molecule is COc1ccc2[nH]c3c(=O)n(N=Cc4c(O)cc(Br)cc4Br)c(=O)[nH]c3c2c1. The summed E-state index contributed by atoms with van der Waals surface area (Å²) >= 11 is 6.58. The van der Waals surface area contributed by atoms with E-state index in [1.165, 1.54) is 19.4 Å². The van der Waals surface area contributed by atoms with Gasteiger partial charge in [-0.05, 0) is 46.3 Å². The number of halogens is 2. The quantitative estimate of drug-likeness (QED) is 0.369. The van der Waals surface area contributed by atoms with Crippen molar-refractivity contribution in [2.45, 2.75) is 0 Å². The van der Waals surface area contributed by atoms with Crippen LogP contribution >= 0.6 is 31.9 Å². The summed E-state index contributed by atoms with van der Waals surface area (Å²) in [5.74, 6) is 0.542. The number of nitrogens with zero attached hydrogens (tertiary/aromatic N) is 2. The Balaban J connectivity index is 1.90. The van der Waals surface area contributed by atoms with Gasteiger partial charge in [0.15, 0.2) is 0 Å². The zero-order valence-electron chi connectivity index (χ0n) is 14.3. The zero-order valence-corrected chi connectivity index (χ0v) is 17.5. The second-order valence-corrected chi connectivity index (χ2v) is 7.67. The van der Waals surface area contributed by atoms with Gasteiger partial charge in [0, 0.05) is 19.8 Å². The predicted octanol–water partition coefficient (Wildman–Crippen LogP) is 3.29. The smallest absolute Gasteiger partial charge is 0.350 e. The molecule has 3 N–H and O–H groups in total. The van der Waals surface area contributed by atoms with Crippen molar-refractivity contribution in [2.24, 2.45) is 5.10 Å². The lowest BCUT2D eigenvalue weighted by Crippen LogP contribution is -2.32. The molecule has 0 aliphatic rings. The highest BCUT2D eigenvalue weighted by Crippen LogP contribution is 2.29. The van der Waals surface area contributed by atoms with E-state index < -0.39 is 11.2 Å². The summed E-state index contributed by atoms with van der Waals surface area (Å²) in [6.07, 6.45) is 1.24. The number of phenolic OH excluding ortho intramolecular Hbond substituents is 1. The van der Waals surface area contributed by atoms with Crippen molar-refractivity contribution in [1.82, 2.24) is 14.6 Å². The van der Waals surface area contributed by atoms with E-state index in [2.05, 4.69) is 46.9 Å². The molecule has 0 atom stereocenters. The molecule has 0 bridgehead atoms. The van der Waals surface area contributed by atoms with Crippen molar-refractivity contribution in [3.63, 3.8) is 0 Å². The van der Waals surface area contributed by atoms with Gasteiger partial charge in [-0.2, -0.15) is 5.10 Å². The normalized spacial score (nSPS) is 11.7. The van der Waals surface area contributed by atoms with E-state index in [1.807, 2.05) is 0 Å². The molecule has 28 heavy (non-hydrogen) atoms. The third-order valence-electron chi connectivity index (χ3n) is 4.21. The fraction of sp³-hybridized carbons (Fsp3) is 0.0556. The number of ether oxygens (including phenoxy) is 1. The first-order valence-corrected chi connectivity index (χ1v) is 9.55. The van der Waals surface area contributed by atoms with E-state index >= 15 is 0 Å². The van der Waals surface area contributed by atoms with Gasteiger partial charge in [-0.15, -0.1) is 4.68 Å². The summed E-state index contributed by atoms with van der Waals surface area (Å²) in [4.78, 5) is 30.9. The molecule has 0 aliphatic heterocycles. The second kappa shape index (κ2) is 6.95. The number of aromatic nitrogens is 3. The number of aromatic amines is 2. The van der Waals surface area contributed by atoms with Crippen LogP contribution in [-0.2, 0) is 0 Å². The first-order chi connectivity index (χ1) is 13.4. The van der Waals surface area contributed by atoms with E-state index in [0.29, 0.717) is 41.4 Å². The Kier molecular flexibility index (Phi) is 4.60. The number of methoxy groups -OCH3 is 1. The van der Waals surface area contributed by atoms with E-state index in [9.17, 15) is 14.7 Å². The van der Waals surface area contributed by atoms with Gasteiger partial charge in [0.2, 0.25) is 0 Å². The topological polar surface area (TPSA) is 112 Å². The number of hydrogen-bond acceptors (Lipinski definition) is 5. The molecule has 0 fully saturated rings. The predicted molar refractivity (Wildman–Crippen MR) is 114 cm³/mol. The molecule has 142 valence electrons. The van der Waals surface area contributed by atoms with Crippen molar-refractivity contribution >= 4 is 60.0 Å². The van der Waals surface area contributed by atoms with Crippen LogP contribution in [0.5, 0.6) is 11.5 Å². The molecular weight excluding hydrogens is 496 g/mol. The standard InChI is InChI=1S/C18H12Br2N4O4/c1-28-9-2-3-13-10(6-9)15-16(22-13)17(26)24(18(27)23-15)21-7-11-12(20)4-8(19)5-14(11)25/h2-7,22,25H,1H3,(H,23,27). The Morgan fingerprint density at radius 1 is 1.14 bits per heavy atom. The fourth-order valence-corrected chi connectivity index (χ4v) is 4.17. The highest BCUT2D eigenvalue weighted by Gasteiger charge is 2.14. The number of rotatable bonds is 3. The van der Waals surface area contributed by atoms with Gasteiger partial charge >= 0.3 is 11.2 Å². The third-order valence-corrected chi connectivity index (χ3v) is 5.32. The van der Waals surface area contributed by atoms with Crippen molar-refractivity contribution in [3.8, 4) is 11.5 Å². The number of phenols is 1. The fourth-order valence-electron chi connectivity index (χ4n) is 2.87. The Morgan fingerprint density at radius 3 is 2.64 bits per heavy atom. The largest absolute Gasteiger partial charge is 0.507 e. The van der Waals surface area contributed by atoms with Crippen LogP contribution in [0.3, 0.4) is 0 Å². The summed E-state index contributed by atoms with van der Waals surface area (Å²) < 4.78 is 7.11. The molecule has 10 heteroatoms. The van der Waals surface area contributed by atoms with Gasteiger partial charge in [0.1, 0.15) is 17.0 Å². The minimum atomic E-state index is -0.704. The van der Waals surface area contributed by atoms with Crippen LogP contribution in [0, 0.1) is 0 Å². The number of benzene rings is 2. The van der Waals surface area contributed by atoms with E-state index in [0.717, 1.165) is 0 Å². The summed E-state index contributed by atoms with van der Waals surface area (Å²) in [5, 5.41) is 14.7. The molecule has 0 radical (unpaired) electrons. The number of nitrogens with one attached hydrogen (secondary N) is 2. The maximum atomic E-state index is 12.8. The van der Waals surface area contributed by atoms with Crippen LogP contribution in [0.1, 0.15) is 5.56 Å². The Hall–Kier alpha value is -2.85. The van der Waals surface area contributed by atoms with Crippen LogP contribution in [-0.4, -0.2) is 33.1 Å². The molecule has 4 rings (SSSR count). The minimum absolute atomic E-state index is 0.0618. The summed E-state index contributed by atoms with van der Waals surface area (Å²) in [6.45, 7) is 0. The number of H-pyrrole nitrogens is 2. The number of aromatic hydroxyl groups is 1. The Labute approximate surface area is 173 Å². The summed E-state index contributed by atoms with van der Waals surface area (Å²) in [7, 11) is 1.54. The second-order valence-electron chi connectivity index (χ2n) is 5.90. The molecule has 2 aromatic carbocycles. The maximum Gasteiger partial charge on any atom is 0.350 e. The Morgan fingerprint density at radius 2 is 1.93 bits per heavy atom. The number of fused-ring (bicyclic) bond motifs is 3. The minimum Gasteiger partial charge on any atom is -0.507 e. The first kappa shape index (κ1) is 18.5. The lowest BCUT2D eigenvalue weighted by Gasteiger charge is -2.03. The van der Waals surface area contributed by atoms with Gasteiger partial charge in [-0.1, -0.05) is 15.9 Å². The van der Waals surface area contributed by atoms with Gasteiger partial charge in [-0.3, -0.25) is 4.79 Å².